The van der Waals surface area contributed by atoms with Crippen LogP contribution >= 0.6 is 0 Å². The SMILES string of the molecule is c1ccc(-c2cc(-c3ncccc3-c3ccccc3)nc(-n3ccc4c5ccccc5c5c(c6ccccc6n5-c5ccccc5)c43)c2)cc1. The molecule has 0 unspecified atom stereocenters. The first kappa shape index (κ1) is 28.3. The van der Waals surface area contributed by atoms with Crippen molar-refractivity contribution < 1.29 is 0 Å². The number of nitrogens with zero attached hydrogens (tertiary/aromatic N) is 4. The number of hydrogen-bond acceptors (Lipinski definition) is 2. The van der Waals surface area contributed by atoms with E-state index in [0.717, 1.165) is 50.7 Å². The van der Waals surface area contributed by atoms with E-state index in [2.05, 4.69) is 173 Å². The number of aromatic nitrogens is 4. The second kappa shape index (κ2) is 11.4. The quantitative estimate of drug-likeness (QED) is 0.188. The van der Waals surface area contributed by atoms with E-state index < -0.39 is 0 Å². The lowest BCUT2D eigenvalue weighted by molar-refractivity contribution is 1.05. The molecular weight excluding hydrogens is 609 g/mol. The van der Waals surface area contributed by atoms with Crippen molar-refractivity contribution in [2.24, 2.45) is 0 Å². The predicted molar refractivity (Wildman–Crippen MR) is 207 cm³/mol. The summed E-state index contributed by atoms with van der Waals surface area (Å²) < 4.78 is 4.70. The summed E-state index contributed by atoms with van der Waals surface area (Å²) in [6.07, 6.45) is 4.04. The van der Waals surface area contributed by atoms with E-state index in [1.165, 1.54) is 38.0 Å². The molecule has 4 nitrogen and oxygen atoms in total. The molecule has 0 amide bonds. The molecule has 0 radical (unpaired) electrons. The summed E-state index contributed by atoms with van der Waals surface area (Å²) in [6.45, 7) is 0. The van der Waals surface area contributed by atoms with Gasteiger partial charge in [-0.15, -0.1) is 0 Å². The number of pyridine rings is 2. The van der Waals surface area contributed by atoms with E-state index in [-0.39, 0.29) is 0 Å². The van der Waals surface area contributed by atoms with Gasteiger partial charge in [0.05, 0.1) is 27.9 Å². The Morgan fingerprint density at radius 1 is 0.460 bits per heavy atom. The Kier molecular flexibility index (Phi) is 6.46. The average Bonchev–Trinajstić information content (AvgIpc) is 3.79. The van der Waals surface area contributed by atoms with Crippen LogP contribution in [0.3, 0.4) is 0 Å². The van der Waals surface area contributed by atoms with Crippen molar-refractivity contribution in [1.82, 2.24) is 19.1 Å². The Morgan fingerprint density at radius 2 is 1.10 bits per heavy atom. The zero-order chi connectivity index (χ0) is 33.0. The van der Waals surface area contributed by atoms with Crippen LogP contribution in [-0.2, 0) is 0 Å². The molecule has 10 aromatic rings. The molecule has 6 aromatic carbocycles. The maximum Gasteiger partial charge on any atom is 0.138 e. The minimum Gasteiger partial charge on any atom is -0.309 e. The molecule has 50 heavy (non-hydrogen) atoms. The number of benzene rings is 6. The van der Waals surface area contributed by atoms with Crippen LogP contribution in [-0.4, -0.2) is 19.1 Å². The van der Waals surface area contributed by atoms with E-state index in [4.69, 9.17) is 9.97 Å². The molecule has 0 saturated heterocycles. The Morgan fingerprint density at radius 3 is 1.88 bits per heavy atom. The van der Waals surface area contributed by atoms with Gasteiger partial charge < -0.3 is 9.13 Å². The number of fused-ring (bicyclic) bond motifs is 8. The van der Waals surface area contributed by atoms with Gasteiger partial charge in [-0.1, -0.05) is 127 Å². The third-order valence-corrected chi connectivity index (χ3v) is 9.79. The molecule has 0 bridgehead atoms. The van der Waals surface area contributed by atoms with Crippen molar-refractivity contribution in [3.63, 3.8) is 0 Å². The van der Waals surface area contributed by atoms with Crippen molar-refractivity contribution in [1.29, 1.82) is 0 Å². The smallest absolute Gasteiger partial charge is 0.138 e. The second-order valence-electron chi connectivity index (χ2n) is 12.6. The minimum absolute atomic E-state index is 0.825. The van der Waals surface area contributed by atoms with Gasteiger partial charge in [-0.2, -0.15) is 0 Å². The van der Waals surface area contributed by atoms with Gasteiger partial charge in [0.1, 0.15) is 5.82 Å². The zero-order valence-electron chi connectivity index (χ0n) is 27.1. The van der Waals surface area contributed by atoms with Crippen molar-refractivity contribution in [2.45, 2.75) is 0 Å². The second-order valence-corrected chi connectivity index (χ2v) is 12.6. The van der Waals surface area contributed by atoms with Crippen molar-refractivity contribution in [3.8, 4) is 45.1 Å². The molecule has 0 spiro atoms. The molecule has 10 rings (SSSR count). The summed E-state index contributed by atoms with van der Waals surface area (Å²) in [5.41, 5.74) is 10.7. The van der Waals surface area contributed by atoms with Crippen LogP contribution in [0.2, 0.25) is 0 Å². The fourth-order valence-electron chi connectivity index (χ4n) is 7.62. The summed E-state index contributed by atoms with van der Waals surface area (Å²) in [6, 6.07) is 60.0. The van der Waals surface area contributed by atoms with Crippen LogP contribution in [0.1, 0.15) is 0 Å². The third-order valence-electron chi connectivity index (χ3n) is 9.79. The first-order valence-corrected chi connectivity index (χ1v) is 16.9. The third kappa shape index (κ3) is 4.39. The molecule has 4 heteroatoms. The monoisotopic (exact) mass is 638 g/mol. The lowest BCUT2D eigenvalue weighted by Crippen LogP contribution is -2.01. The van der Waals surface area contributed by atoms with Crippen molar-refractivity contribution >= 4 is 43.5 Å². The lowest BCUT2D eigenvalue weighted by Gasteiger charge is -2.15. The maximum atomic E-state index is 5.43. The zero-order valence-corrected chi connectivity index (χ0v) is 27.1. The summed E-state index contributed by atoms with van der Waals surface area (Å²) in [5, 5.41) is 6.04. The highest BCUT2D eigenvalue weighted by Crippen LogP contribution is 2.44. The Balaban J connectivity index is 1.33. The molecule has 0 fully saturated rings. The highest BCUT2D eigenvalue weighted by molar-refractivity contribution is 6.31. The van der Waals surface area contributed by atoms with Crippen LogP contribution in [0.4, 0.5) is 0 Å². The first-order chi connectivity index (χ1) is 24.8. The van der Waals surface area contributed by atoms with Gasteiger partial charge in [-0.3, -0.25) is 4.98 Å². The van der Waals surface area contributed by atoms with E-state index >= 15 is 0 Å². The van der Waals surface area contributed by atoms with Gasteiger partial charge in [0, 0.05) is 45.2 Å². The molecule has 0 N–H and O–H groups in total. The number of para-hydroxylation sites is 2. The topological polar surface area (TPSA) is 35.6 Å². The highest BCUT2D eigenvalue weighted by Gasteiger charge is 2.22. The van der Waals surface area contributed by atoms with Gasteiger partial charge in [0.15, 0.2) is 0 Å². The summed E-state index contributed by atoms with van der Waals surface area (Å²) in [5.74, 6) is 0.842. The summed E-state index contributed by atoms with van der Waals surface area (Å²) in [7, 11) is 0. The minimum atomic E-state index is 0.825. The normalized spacial score (nSPS) is 11.6. The van der Waals surface area contributed by atoms with Gasteiger partial charge in [-0.05, 0) is 64.5 Å². The summed E-state index contributed by atoms with van der Waals surface area (Å²) >= 11 is 0. The standard InChI is InChI=1S/C46H30N4/c1-4-15-31(16-5-1)33-29-40(44-35(24-14-27-47-44)32-17-6-2-7-18-32)48-42(30-33)49-28-26-38-36-21-10-11-22-37(36)46-43(45(38)49)39-23-12-13-25-41(39)50(46)34-19-8-3-9-20-34/h1-30H. The van der Waals surface area contributed by atoms with Crippen LogP contribution in [0.25, 0.3) is 88.6 Å². The molecule has 0 aliphatic heterocycles. The van der Waals surface area contributed by atoms with E-state index in [9.17, 15) is 0 Å². The Bertz CT molecular complexity index is 2850. The molecule has 4 heterocycles. The van der Waals surface area contributed by atoms with E-state index in [0.29, 0.717) is 0 Å². The lowest BCUT2D eigenvalue weighted by atomic mass is 9.99. The van der Waals surface area contributed by atoms with Gasteiger partial charge in [-0.25, -0.2) is 4.98 Å². The molecule has 0 aliphatic carbocycles. The maximum absolute atomic E-state index is 5.43. The highest BCUT2D eigenvalue weighted by atomic mass is 15.1. The van der Waals surface area contributed by atoms with E-state index in [1.54, 1.807) is 0 Å². The molecule has 0 aliphatic rings. The Labute approximate surface area is 289 Å². The fourth-order valence-corrected chi connectivity index (χ4v) is 7.62. The average molecular weight is 639 g/mol. The number of hydrogen-bond donors (Lipinski definition) is 0. The molecule has 234 valence electrons. The number of rotatable bonds is 5. The van der Waals surface area contributed by atoms with Gasteiger partial charge in [0.25, 0.3) is 0 Å². The van der Waals surface area contributed by atoms with Crippen LogP contribution in [0.15, 0.2) is 182 Å². The Hall–Kier alpha value is -6.78. The molecule has 0 saturated carbocycles. The van der Waals surface area contributed by atoms with Gasteiger partial charge in [0.2, 0.25) is 0 Å². The fraction of sp³-hybridized carbons (Fsp3) is 0. The summed E-state index contributed by atoms with van der Waals surface area (Å²) in [4.78, 5) is 10.4. The first-order valence-electron chi connectivity index (χ1n) is 16.9. The van der Waals surface area contributed by atoms with Crippen molar-refractivity contribution in [3.05, 3.63) is 182 Å². The van der Waals surface area contributed by atoms with Crippen LogP contribution in [0, 0.1) is 0 Å². The molecule has 0 atom stereocenters. The predicted octanol–water partition coefficient (Wildman–Crippen LogP) is 11.7. The van der Waals surface area contributed by atoms with Crippen LogP contribution in [0.5, 0.6) is 0 Å². The molecular formula is C46H30N4. The largest absolute Gasteiger partial charge is 0.309 e. The van der Waals surface area contributed by atoms with E-state index in [1.807, 2.05) is 18.3 Å². The van der Waals surface area contributed by atoms with Crippen molar-refractivity contribution in [2.75, 3.05) is 0 Å². The molecule has 4 aromatic heterocycles. The van der Waals surface area contributed by atoms with Gasteiger partial charge >= 0.3 is 0 Å². The van der Waals surface area contributed by atoms with Crippen LogP contribution < -0.4 is 0 Å².